The molecule has 1 unspecified atom stereocenters. The number of esters is 2. The van der Waals surface area contributed by atoms with Gasteiger partial charge in [0.05, 0.1) is 18.6 Å². The summed E-state index contributed by atoms with van der Waals surface area (Å²) in [5.41, 5.74) is -0.594. The van der Waals surface area contributed by atoms with Crippen molar-refractivity contribution in [1.82, 2.24) is 14.7 Å². The highest BCUT2D eigenvalue weighted by Crippen LogP contribution is 2.37. The average molecular weight is 480 g/mol. The molecule has 8 heteroatoms. The van der Waals surface area contributed by atoms with E-state index in [1.165, 1.54) is 12.8 Å². The Labute approximate surface area is 205 Å². The highest BCUT2D eigenvalue weighted by Gasteiger charge is 2.56. The van der Waals surface area contributed by atoms with Crippen LogP contribution >= 0.6 is 0 Å². The number of carbonyl (C=O) groups excluding carboxylic acids is 2. The lowest BCUT2D eigenvalue weighted by atomic mass is 9.87. The van der Waals surface area contributed by atoms with Crippen LogP contribution in [0.5, 0.6) is 0 Å². The van der Waals surface area contributed by atoms with Crippen molar-refractivity contribution in [3.63, 3.8) is 0 Å². The van der Waals surface area contributed by atoms with Crippen LogP contribution in [0.2, 0.25) is 0 Å². The van der Waals surface area contributed by atoms with Gasteiger partial charge >= 0.3 is 11.9 Å². The monoisotopic (exact) mass is 479 g/mol. The molecular weight excluding hydrogens is 434 g/mol. The van der Waals surface area contributed by atoms with Crippen LogP contribution in [-0.4, -0.2) is 96.1 Å². The van der Waals surface area contributed by atoms with Crippen molar-refractivity contribution in [2.75, 3.05) is 45.9 Å². The zero-order valence-electron chi connectivity index (χ0n) is 21.7. The molecule has 0 spiro atoms. The summed E-state index contributed by atoms with van der Waals surface area (Å²) in [4.78, 5) is 33.3. The maximum absolute atomic E-state index is 14.0. The van der Waals surface area contributed by atoms with Gasteiger partial charge in [-0.2, -0.15) is 0 Å². The number of ether oxygens (including phenoxy) is 3. The van der Waals surface area contributed by atoms with Crippen molar-refractivity contribution < 1.29 is 23.8 Å². The molecule has 2 heterocycles. The lowest BCUT2D eigenvalue weighted by molar-refractivity contribution is -0.281. The molecule has 2 aliphatic carbocycles. The van der Waals surface area contributed by atoms with E-state index >= 15 is 0 Å². The molecule has 2 saturated carbocycles. The minimum absolute atomic E-state index is 0.0652. The molecule has 34 heavy (non-hydrogen) atoms. The molecule has 0 aromatic heterocycles. The Morgan fingerprint density at radius 1 is 0.824 bits per heavy atom. The molecule has 1 atom stereocenters. The number of rotatable bonds is 8. The van der Waals surface area contributed by atoms with Gasteiger partial charge in [0.1, 0.15) is 5.60 Å². The highest BCUT2D eigenvalue weighted by atomic mass is 16.6. The Morgan fingerprint density at radius 2 is 1.41 bits per heavy atom. The molecule has 4 aliphatic rings. The Hall–Kier alpha value is -1.22. The molecule has 8 nitrogen and oxygen atoms in total. The normalized spacial score (nSPS) is 29.5. The van der Waals surface area contributed by atoms with Crippen molar-refractivity contribution in [2.45, 2.75) is 103 Å². The predicted octanol–water partition coefficient (Wildman–Crippen LogP) is 3.00. The van der Waals surface area contributed by atoms with E-state index in [2.05, 4.69) is 14.7 Å². The molecule has 0 bridgehead atoms. The fourth-order valence-electron chi connectivity index (χ4n) is 5.76. The van der Waals surface area contributed by atoms with E-state index in [1.807, 2.05) is 27.7 Å². The second kappa shape index (κ2) is 10.8. The number of carbonyl (C=O) groups is 2. The summed E-state index contributed by atoms with van der Waals surface area (Å²) in [6, 6.07) is 0.726. The van der Waals surface area contributed by atoms with E-state index in [0.717, 1.165) is 83.8 Å². The second-order valence-corrected chi connectivity index (χ2v) is 11.4. The Morgan fingerprint density at radius 3 is 1.94 bits per heavy atom. The zero-order valence-corrected chi connectivity index (χ0v) is 21.7. The first-order chi connectivity index (χ1) is 16.2. The first-order valence-corrected chi connectivity index (χ1v) is 13.5. The minimum atomic E-state index is -1.19. The summed E-state index contributed by atoms with van der Waals surface area (Å²) in [6.45, 7) is 13.2. The van der Waals surface area contributed by atoms with E-state index in [-0.39, 0.29) is 24.0 Å². The number of nitrogens with zero attached hydrogens (tertiary/aromatic N) is 3. The molecule has 0 amide bonds. The van der Waals surface area contributed by atoms with Gasteiger partial charge in [0.15, 0.2) is 0 Å². The molecule has 2 aliphatic heterocycles. The molecule has 4 fully saturated rings. The molecule has 194 valence electrons. The highest BCUT2D eigenvalue weighted by molar-refractivity contribution is 5.79. The van der Waals surface area contributed by atoms with Gasteiger partial charge in [-0.1, -0.05) is 0 Å². The SMILES string of the molecule is CCOC(=O)[C@H]1CC[C@H](OC(C(=O)OC(C)(C)C)(N2CCCC2)N2CCN(C3CC3)CC2)CC1. The van der Waals surface area contributed by atoms with E-state index in [0.29, 0.717) is 6.61 Å². The van der Waals surface area contributed by atoms with Crippen molar-refractivity contribution >= 4 is 11.9 Å². The van der Waals surface area contributed by atoms with Crippen LogP contribution < -0.4 is 0 Å². The molecule has 4 rings (SSSR count). The number of hydrogen-bond acceptors (Lipinski definition) is 8. The summed E-state index contributed by atoms with van der Waals surface area (Å²) < 4.78 is 18.2. The third-order valence-electron chi connectivity index (χ3n) is 7.63. The molecule has 0 N–H and O–H groups in total. The quantitative estimate of drug-likeness (QED) is 0.492. The maximum Gasteiger partial charge on any atom is 0.371 e. The van der Waals surface area contributed by atoms with Crippen LogP contribution in [0.1, 0.15) is 79.1 Å². The third-order valence-corrected chi connectivity index (χ3v) is 7.63. The maximum atomic E-state index is 14.0. The van der Waals surface area contributed by atoms with Gasteiger partial charge < -0.3 is 14.2 Å². The van der Waals surface area contributed by atoms with E-state index in [9.17, 15) is 9.59 Å². The van der Waals surface area contributed by atoms with Gasteiger partial charge in [-0.15, -0.1) is 0 Å². The van der Waals surface area contributed by atoms with Crippen molar-refractivity contribution in [3.05, 3.63) is 0 Å². The second-order valence-electron chi connectivity index (χ2n) is 11.4. The van der Waals surface area contributed by atoms with E-state index in [4.69, 9.17) is 14.2 Å². The predicted molar refractivity (Wildman–Crippen MR) is 129 cm³/mol. The summed E-state index contributed by atoms with van der Waals surface area (Å²) >= 11 is 0. The van der Waals surface area contributed by atoms with Crippen LogP contribution in [0.25, 0.3) is 0 Å². The lowest BCUT2D eigenvalue weighted by Gasteiger charge is -2.51. The van der Waals surface area contributed by atoms with Crippen LogP contribution in [0.3, 0.4) is 0 Å². The van der Waals surface area contributed by atoms with Crippen molar-refractivity contribution in [2.24, 2.45) is 5.92 Å². The molecule has 0 radical (unpaired) electrons. The minimum Gasteiger partial charge on any atom is -0.466 e. The van der Waals surface area contributed by atoms with Crippen LogP contribution in [0, 0.1) is 5.92 Å². The lowest BCUT2D eigenvalue weighted by Crippen LogP contribution is -2.71. The molecule has 0 aromatic rings. The fraction of sp³-hybridized carbons (Fsp3) is 0.923. The smallest absolute Gasteiger partial charge is 0.371 e. The van der Waals surface area contributed by atoms with Gasteiger partial charge in [-0.25, -0.2) is 4.79 Å². The summed E-state index contributed by atoms with van der Waals surface area (Å²) in [7, 11) is 0. The van der Waals surface area contributed by atoms with Crippen molar-refractivity contribution in [1.29, 1.82) is 0 Å². The number of piperazine rings is 1. The van der Waals surface area contributed by atoms with Crippen molar-refractivity contribution in [3.8, 4) is 0 Å². The van der Waals surface area contributed by atoms with Gasteiger partial charge in [0.2, 0.25) is 0 Å². The molecular formula is C26H45N3O5. The van der Waals surface area contributed by atoms with Crippen LogP contribution in [-0.2, 0) is 23.8 Å². The first-order valence-electron chi connectivity index (χ1n) is 13.5. The number of hydrogen-bond donors (Lipinski definition) is 0. The Kier molecular flexibility index (Phi) is 8.22. The van der Waals surface area contributed by atoms with Gasteiger partial charge in [0.25, 0.3) is 5.85 Å². The zero-order chi connectivity index (χ0) is 24.3. The fourth-order valence-corrected chi connectivity index (χ4v) is 5.76. The average Bonchev–Trinajstić information content (AvgIpc) is 3.51. The standard InChI is InChI=1S/C26H45N3O5/c1-5-32-23(30)20-8-12-22(13-9-20)33-26(28-14-6-7-15-28,24(31)34-25(2,3)4)29-18-16-27(17-19-29)21-10-11-21/h20-22H,5-19H2,1-4H3/t20-,22-,26?. The Balaban J connectivity index is 1.54. The van der Waals surface area contributed by atoms with E-state index < -0.39 is 11.4 Å². The molecule has 0 aromatic carbocycles. The third kappa shape index (κ3) is 5.94. The van der Waals surface area contributed by atoms with Gasteiger partial charge in [-0.05, 0) is 79.1 Å². The van der Waals surface area contributed by atoms with Gasteiger partial charge in [-0.3, -0.25) is 19.5 Å². The van der Waals surface area contributed by atoms with Gasteiger partial charge in [0, 0.05) is 45.3 Å². The van der Waals surface area contributed by atoms with Crippen LogP contribution in [0.15, 0.2) is 0 Å². The Bertz CT molecular complexity index is 700. The summed E-state index contributed by atoms with van der Waals surface area (Å²) in [5.74, 6) is -1.64. The van der Waals surface area contributed by atoms with Crippen LogP contribution in [0.4, 0.5) is 0 Å². The molecule has 2 saturated heterocycles. The largest absolute Gasteiger partial charge is 0.466 e. The summed E-state index contributed by atoms with van der Waals surface area (Å²) in [5, 5.41) is 0. The first kappa shape index (κ1) is 25.9. The summed E-state index contributed by atoms with van der Waals surface area (Å²) in [6.07, 6.45) is 7.62. The van der Waals surface area contributed by atoms with E-state index in [1.54, 1.807) is 0 Å². The topological polar surface area (TPSA) is 71.5 Å². The number of likely N-dealkylation sites (tertiary alicyclic amines) is 1.